The number of oxazole rings is 1. The van der Waals surface area contributed by atoms with Crippen LogP contribution in [0, 0.1) is 11.6 Å². The van der Waals surface area contributed by atoms with Crippen molar-refractivity contribution in [1.29, 1.82) is 0 Å². The third kappa shape index (κ3) is 4.48. The quantitative estimate of drug-likeness (QED) is 0.409. The maximum absolute atomic E-state index is 13.9. The summed E-state index contributed by atoms with van der Waals surface area (Å²) < 4.78 is 44.0. The van der Waals surface area contributed by atoms with Crippen molar-refractivity contribution in [2.24, 2.45) is 0 Å². The predicted molar refractivity (Wildman–Crippen MR) is 102 cm³/mol. The molecule has 1 amide bonds. The fourth-order valence-corrected chi connectivity index (χ4v) is 3.06. The van der Waals surface area contributed by atoms with E-state index in [0.29, 0.717) is 11.5 Å². The van der Waals surface area contributed by atoms with Crippen LogP contribution < -0.4 is 0 Å². The first-order valence-electron chi connectivity index (χ1n) is 9.32. The van der Waals surface area contributed by atoms with Gasteiger partial charge < -0.3 is 18.2 Å². The third-order valence-corrected chi connectivity index (χ3v) is 4.52. The smallest absolute Gasteiger partial charge is 0.223 e. The highest BCUT2D eigenvalue weighted by atomic mass is 19.1. The van der Waals surface area contributed by atoms with Crippen molar-refractivity contribution in [3.8, 4) is 11.3 Å². The minimum absolute atomic E-state index is 0.0175. The van der Waals surface area contributed by atoms with Crippen LogP contribution in [0.5, 0.6) is 0 Å². The van der Waals surface area contributed by atoms with E-state index in [2.05, 4.69) is 4.98 Å². The van der Waals surface area contributed by atoms with Gasteiger partial charge in [0.15, 0.2) is 11.7 Å². The van der Waals surface area contributed by atoms with Gasteiger partial charge in [-0.25, -0.2) is 13.8 Å². The number of carbonyl (C=O) groups excluding carboxylic acids is 1. The minimum Gasteiger partial charge on any atom is -0.467 e. The van der Waals surface area contributed by atoms with Crippen LogP contribution in [0.3, 0.4) is 0 Å². The standard InChI is InChI=1S/C22H18F2N2O4/c23-17-6-1-7-18(24)22(17)19-12-25-20(30-19)8-9-21(27)26(13-15-4-2-10-28-15)14-16-5-3-11-29-16/h1-7,10-12H,8-9,13-14H2. The minimum atomic E-state index is -0.739. The molecule has 0 spiro atoms. The molecule has 3 aromatic heterocycles. The third-order valence-electron chi connectivity index (χ3n) is 4.52. The Morgan fingerprint density at radius 1 is 0.933 bits per heavy atom. The second kappa shape index (κ2) is 8.77. The van der Waals surface area contributed by atoms with Crippen LogP contribution in [0.2, 0.25) is 0 Å². The Hall–Kier alpha value is -3.68. The van der Waals surface area contributed by atoms with Crippen LogP contribution in [0.25, 0.3) is 11.3 Å². The second-order valence-electron chi connectivity index (χ2n) is 6.62. The molecule has 1 aromatic carbocycles. The maximum Gasteiger partial charge on any atom is 0.223 e. The first kappa shape index (κ1) is 19.6. The van der Waals surface area contributed by atoms with Gasteiger partial charge in [-0.2, -0.15) is 0 Å². The zero-order valence-corrected chi connectivity index (χ0v) is 15.9. The monoisotopic (exact) mass is 412 g/mol. The molecule has 0 fully saturated rings. The van der Waals surface area contributed by atoms with Gasteiger partial charge in [-0.15, -0.1) is 0 Å². The molecule has 0 saturated carbocycles. The van der Waals surface area contributed by atoms with E-state index in [9.17, 15) is 13.6 Å². The van der Waals surface area contributed by atoms with Crippen LogP contribution in [0.15, 0.2) is 74.4 Å². The molecule has 0 N–H and O–H groups in total. The number of hydrogen-bond acceptors (Lipinski definition) is 5. The molecular weight excluding hydrogens is 394 g/mol. The molecule has 30 heavy (non-hydrogen) atoms. The molecule has 3 heterocycles. The fourth-order valence-electron chi connectivity index (χ4n) is 3.06. The summed E-state index contributed by atoms with van der Waals surface area (Å²) >= 11 is 0. The van der Waals surface area contributed by atoms with Gasteiger partial charge >= 0.3 is 0 Å². The number of nitrogens with zero attached hydrogens (tertiary/aromatic N) is 2. The van der Waals surface area contributed by atoms with Gasteiger partial charge in [0.05, 0.1) is 37.4 Å². The normalized spacial score (nSPS) is 11.0. The number of aryl methyl sites for hydroxylation is 1. The van der Waals surface area contributed by atoms with Crippen molar-refractivity contribution in [3.63, 3.8) is 0 Å². The van der Waals surface area contributed by atoms with Gasteiger partial charge in [-0.3, -0.25) is 4.79 Å². The Kier molecular flexibility index (Phi) is 5.74. The lowest BCUT2D eigenvalue weighted by Crippen LogP contribution is -2.30. The van der Waals surface area contributed by atoms with E-state index in [1.807, 2.05) is 0 Å². The lowest BCUT2D eigenvalue weighted by atomic mass is 10.1. The topological polar surface area (TPSA) is 72.6 Å². The van der Waals surface area contributed by atoms with E-state index >= 15 is 0 Å². The highest BCUT2D eigenvalue weighted by Gasteiger charge is 2.20. The Balaban J connectivity index is 1.43. The Morgan fingerprint density at radius 3 is 2.13 bits per heavy atom. The largest absolute Gasteiger partial charge is 0.467 e. The average Bonchev–Trinajstić information content (AvgIpc) is 3.49. The number of carbonyl (C=O) groups is 1. The lowest BCUT2D eigenvalue weighted by molar-refractivity contribution is -0.133. The summed E-state index contributed by atoms with van der Waals surface area (Å²) in [5, 5.41) is 0. The molecule has 0 bridgehead atoms. The Morgan fingerprint density at radius 2 is 1.57 bits per heavy atom. The summed E-state index contributed by atoms with van der Waals surface area (Å²) in [7, 11) is 0. The Labute approximate surface area is 170 Å². The molecule has 0 aliphatic heterocycles. The van der Waals surface area contributed by atoms with E-state index in [0.717, 1.165) is 12.1 Å². The number of halogens is 2. The van der Waals surface area contributed by atoms with Crippen molar-refractivity contribution in [3.05, 3.63) is 90.2 Å². The van der Waals surface area contributed by atoms with Crippen molar-refractivity contribution in [1.82, 2.24) is 9.88 Å². The number of rotatable bonds is 8. The molecule has 0 saturated heterocycles. The fraction of sp³-hybridized carbons (Fsp3) is 0.182. The van der Waals surface area contributed by atoms with Gasteiger partial charge in [0, 0.05) is 12.8 Å². The SMILES string of the molecule is O=C(CCc1ncc(-c2c(F)cccc2F)o1)N(Cc1ccco1)Cc1ccco1. The van der Waals surface area contributed by atoms with Crippen LogP contribution in [0.4, 0.5) is 8.78 Å². The molecule has 0 radical (unpaired) electrons. The van der Waals surface area contributed by atoms with Gasteiger partial charge in [0.25, 0.3) is 0 Å². The van der Waals surface area contributed by atoms with Crippen molar-refractivity contribution in [2.75, 3.05) is 0 Å². The zero-order chi connectivity index (χ0) is 20.9. The first-order valence-corrected chi connectivity index (χ1v) is 9.32. The number of hydrogen-bond donors (Lipinski definition) is 0. The molecule has 154 valence electrons. The number of furan rings is 2. The molecule has 4 rings (SSSR count). The van der Waals surface area contributed by atoms with Gasteiger partial charge in [-0.1, -0.05) is 6.07 Å². The van der Waals surface area contributed by atoms with Crippen LogP contribution in [-0.4, -0.2) is 15.8 Å². The van der Waals surface area contributed by atoms with Crippen LogP contribution in [0.1, 0.15) is 23.8 Å². The molecule has 8 heteroatoms. The number of amides is 1. The molecule has 4 aromatic rings. The van der Waals surface area contributed by atoms with E-state index in [4.69, 9.17) is 13.3 Å². The molecule has 0 unspecified atom stereocenters. The van der Waals surface area contributed by atoms with Crippen LogP contribution in [-0.2, 0) is 24.3 Å². The van der Waals surface area contributed by atoms with Gasteiger partial charge in [0.2, 0.25) is 5.91 Å². The van der Waals surface area contributed by atoms with E-state index in [-0.39, 0.29) is 49.1 Å². The molecule has 0 aliphatic carbocycles. The molecular formula is C22H18F2N2O4. The predicted octanol–water partition coefficient (Wildman–Crippen LogP) is 4.97. The maximum atomic E-state index is 13.9. The number of benzene rings is 1. The number of aromatic nitrogens is 1. The van der Waals surface area contributed by atoms with Crippen molar-refractivity contribution in [2.45, 2.75) is 25.9 Å². The Bertz CT molecular complexity index is 1050. The zero-order valence-electron chi connectivity index (χ0n) is 15.9. The molecule has 6 nitrogen and oxygen atoms in total. The average molecular weight is 412 g/mol. The summed E-state index contributed by atoms with van der Waals surface area (Å²) in [5.74, 6) is -0.159. The lowest BCUT2D eigenvalue weighted by Gasteiger charge is -2.20. The van der Waals surface area contributed by atoms with Crippen molar-refractivity contribution >= 4 is 5.91 Å². The van der Waals surface area contributed by atoms with E-state index < -0.39 is 11.6 Å². The highest BCUT2D eigenvalue weighted by molar-refractivity contribution is 5.76. The molecule has 0 atom stereocenters. The summed E-state index contributed by atoms with van der Waals surface area (Å²) in [6.45, 7) is 0.563. The summed E-state index contributed by atoms with van der Waals surface area (Å²) in [4.78, 5) is 18.5. The van der Waals surface area contributed by atoms with Gasteiger partial charge in [-0.05, 0) is 36.4 Å². The summed E-state index contributed by atoms with van der Waals surface area (Å²) in [5.41, 5.74) is -0.278. The summed E-state index contributed by atoms with van der Waals surface area (Å²) in [6.07, 6.45) is 4.62. The van der Waals surface area contributed by atoms with Crippen LogP contribution >= 0.6 is 0 Å². The summed E-state index contributed by atoms with van der Waals surface area (Å²) in [6, 6.07) is 10.6. The van der Waals surface area contributed by atoms with E-state index in [1.54, 1.807) is 41.7 Å². The van der Waals surface area contributed by atoms with Crippen molar-refractivity contribution < 1.29 is 26.8 Å². The molecule has 0 aliphatic rings. The van der Waals surface area contributed by atoms with Gasteiger partial charge in [0.1, 0.15) is 23.2 Å². The van der Waals surface area contributed by atoms with E-state index in [1.165, 1.54) is 12.3 Å². The second-order valence-corrected chi connectivity index (χ2v) is 6.62. The first-order chi connectivity index (χ1) is 14.6. The highest BCUT2D eigenvalue weighted by Crippen LogP contribution is 2.27.